The molecule has 0 radical (unpaired) electrons. The SMILES string of the molecule is Clc1cc(Br)ccc1OCc1cccnc1Cl. The second-order valence-electron chi connectivity index (χ2n) is 3.32. The van der Waals surface area contributed by atoms with Crippen molar-refractivity contribution in [3.8, 4) is 5.75 Å². The van der Waals surface area contributed by atoms with Crippen LogP contribution in [0.25, 0.3) is 0 Å². The van der Waals surface area contributed by atoms with Crippen molar-refractivity contribution in [1.29, 1.82) is 0 Å². The number of benzene rings is 1. The summed E-state index contributed by atoms with van der Waals surface area (Å²) in [4.78, 5) is 3.97. The summed E-state index contributed by atoms with van der Waals surface area (Å²) in [6.07, 6.45) is 1.64. The molecular formula is C12H8BrCl2NO. The van der Waals surface area contributed by atoms with Gasteiger partial charge < -0.3 is 4.74 Å². The maximum atomic E-state index is 6.03. The summed E-state index contributed by atoms with van der Waals surface area (Å²) in [5, 5.41) is 1.00. The minimum absolute atomic E-state index is 0.341. The summed E-state index contributed by atoms with van der Waals surface area (Å²) in [6, 6.07) is 9.13. The first-order chi connectivity index (χ1) is 8.16. The van der Waals surface area contributed by atoms with E-state index in [9.17, 15) is 0 Å². The maximum absolute atomic E-state index is 6.03. The van der Waals surface area contributed by atoms with Crippen LogP contribution in [0.5, 0.6) is 5.75 Å². The van der Waals surface area contributed by atoms with Crippen molar-refractivity contribution in [2.45, 2.75) is 6.61 Å². The fourth-order valence-electron chi connectivity index (χ4n) is 1.27. The summed E-state index contributed by atoms with van der Waals surface area (Å²) in [5.74, 6) is 0.620. The maximum Gasteiger partial charge on any atom is 0.138 e. The number of hydrogen-bond donors (Lipinski definition) is 0. The van der Waals surface area contributed by atoms with E-state index in [0.717, 1.165) is 10.0 Å². The normalized spacial score (nSPS) is 10.3. The highest BCUT2D eigenvalue weighted by Gasteiger charge is 2.05. The number of pyridine rings is 1. The third-order valence-corrected chi connectivity index (χ3v) is 3.24. The Bertz CT molecular complexity index is 534. The molecule has 1 heterocycles. The minimum Gasteiger partial charge on any atom is -0.487 e. The van der Waals surface area contributed by atoms with E-state index in [2.05, 4.69) is 20.9 Å². The van der Waals surface area contributed by atoms with E-state index >= 15 is 0 Å². The van der Waals surface area contributed by atoms with Gasteiger partial charge in [0.15, 0.2) is 0 Å². The molecule has 88 valence electrons. The van der Waals surface area contributed by atoms with Gasteiger partial charge in [0.05, 0.1) is 5.02 Å². The van der Waals surface area contributed by atoms with E-state index in [1.807, 2.05) is 18.2 Å². The van der Waals surface area contributed by atoms with E-state index in [1.54, 1.807) is 18.3 Å². The average Bonchev–Trinajstić information content (AvgIpc) is 2.30. The molecule has 5 heteroatoms. The molecule has 1 aromatic heterocycles. The zero-order valence-corrected chi connectivity index (χ0v) is 11.8. The molecule has 0 aliphatic rings. The highest BCUT2D eigenvalue weighted by Crippen LogP contribution is 2.28. The second-order valence-corrected chi connectivity index (χ2v) is 5.00. The molecule has 0 aliphatic heterocycles. The fourth-order valence-corrected chi connectivity index (χ4v) is 2.18. The molecule has 17 heavy (non-hydrogen) atoms. The van der Waals surface area contributed by atoms with Gasteiger partial charge in [-0.05, 0) is 24.3 Å². The number of aromatic nitrogens is 1. The Balaban J connectivity index is 2.10. The molecule has 0 saturated heterocycles. The summed E-state index contributed by atoms with van der Waals surface area (Å²) < 4.78 is 6.49. The second kappa shape index (κ2) is 5.71. The van der Waals surface area contributed by atoms with Crippen molar-refractivity contribution in [2.75, 3.05) is 0 Å². The molecule has 0 saturated carbocycles. The van der Waals surface area contributed by atoms with E-state index in [-0.39, 0.29) is 0 Å². The highest BCUT2D eigenvalue weighted by molar-refractivity contribution is 9.10. The zero-order chi connectivity index (χ0) is 12.3. The molecule has 2 nitrogen and oxygen atoms in total. The van der Waals surface area contributed by atoms with Crippen LogP contribution in [0.3, 0.4) is 0 Å². The predicted octanol–water partition coefficient (Wildman–Crippen LogP) is 4.73. The fraction of sp³-hybridized carbons (Fsp3) is 0.0833. The molecule has 0 spiro atoms. The molecule has 2 rings (SSSR count). The quantitative estimate of drug-likeness (QED) is 0.758. The van der Waals surface area contributed by atoms with Gasteiger partial charge in [-0.3, -0.25) is 0 Å². The Morgan fingerprint density at radius 3 is 2.76 bits per heavy atom. The Kier molecular flexibility index (Phi) is 4.26. The summed E-state index contributed by atoms with van der Waals surface area (Å²) in [6.45, 7) is 0.341. The van der Waals surface area contributed by atoms with Crippen LogP contribution in [-0.2, 0) is 6.61 Å². The van der Waals surface area contributed by atoms with Crippen molar-refractivity contribution < 1.29 is 4.74 Å². The van der Waals surface area contributed by atoms with Gasteiger partial charge in [0.1, 0.15) is 17.5 Å². The summed E-state index contributed by atoms with van der Waals surface area (Å²) in [7, 11) is 0. The number of nitrogens with zero attached hydrogens (tertiary/aromatic N) is 1. The number of ether oxygens (including phenoxy) is 1. The van der Waals surface area contributed by atoms with Crippen molar-refractivity contribution in [1.82, 2.24) is 4.98 Å². The van der Waals surface area contributed by atoms with Gasteiger partial charge in [-0.2, -0.15) is 0 Å². The lowest BCUT2D eigenvalue weighted by molar-refractivity contribution is 0.306. The molecular weight excluding hydrogens is 325 g/mol. The van der Waals surface area contributed by atoms with Crippen LogP contribution in [0.1, 0.15) is 5.56 Å². The van der Waals surface area contributed by atoms with Gasteiger partial charge in [-0.25, -0.2) is 4.98 Å². The van der Waals surface area contributed by atoms with Crippen LogP contribution in [0.2, 0.25) is 10.2 Å². The topological polar surface area (TPSA) is 22.1 Å². The van der Waals surface area contributed by atoms with Crippen LogP contribution >= 0.6 is 39.1 Å². The molecule has 0 N–H and O–H groups in total. The Labute approximate surface area is 118 Å². The lowest BCUT2D eigenvalue weighted by Crippen LogP contribution is -1.97. The predicted molar refractivity (Wildman–Crippen MR) is 72.7 cm³/mol. The van der Waals surface area contributed by atoms with Gasteiger partial charge >= 0.3 is 0 Å². The standard InChI is InChI=1S/C12H8BrCl2NO/c13-9-3-4-11(10(14)6-9)17-7-8-2-1-5-16-12(8)15/h1-6H,7H2. The third-order valence-electron chi connectivity index (χ3n) is 2.11. The smallest absolute Gasteiger partial charge is 0.138 e. The van der Waals surface area contributed by atoms with Crippen LogP contribution < -0.4 is 4.74 Å². The van der Waals surface area contributed by atoms with Crippen LogP contribution in [0.15, 0.2) is 41.0 Å². The molecule has 0 unspecified atom stereocenters. The molecule has 0 amide bonds. The molecule has 0 fully saturated rings. The first-order valence-electron chi connectivity index (χ1n) is 4.84. The lowest BCUT2D eigenvalue weighted by atomic mass is 10.3. The number of halogens is 3. The summed E-state index contributed by atoms with van der Waals surface area (Å²) >= 11 is 15.3. The zero-order valence-electron chi connectivity index (χ0n) is 8.66. The van der Waals surface area contributed by atoms with Gasteiger partial charge in [0, 0.05) is 16.2 Å². The van der Waals surface area contributed by atoms with E-state index in [4.69, 9.17) is 27.9 Å². The monoisotopic (exact) mass is 331 g/mol. The van der Waals surface area contributed by atoms with Crippen LogP contribution in [-0.4, -0.2) is 4.98 Å². The summed E-state index contributed by atoms with van der Waals surface area (Å²) in [5.41, 5.74) is 0.827. The molecule has 0 bridgehead atoms. The van der Waals surface area contributed by atoms with Gasteiger partial charge in [-0.1, -0.05) is 45.2 Å². The lowest BCUT2D eigenvalue weighted by Gasteiger charge is -2.08. The third kappa shape index (κ3) is 3.35. The Hall–Kier alpha value is -0.770. The van der Waals surface area contributed by atoms with Crippen molar-refractivity contribution in [2.24, 2.45) is 0 Å². The van der Waals surface area contributed by atoms with Crippen molar-refractivity contribution in [3.63, 3.8) is 0 Å². The number of rotatable bonds is 3. The first-order valence-corrected chi connectivity index (χ1v) is 6.39. The van der Waals surface area contributed by atoms with Crippen molar-refractivity contribution in [3.05, 3.63) is 56.7 Å². The highest BCUT2D eigenvalue weighted by atomic mass is 79.9. The van der Waals surface area contributed by atoms with E-state index in [1.165, 1.54) is 0 Å². The van der Waals surface area contributed by atoms with Crippen LogP contribution in [0.4, 0.5) is 0 Å². The Morgan fingerprint density at radius 2 is 2.06 bits per heavy atom. The van der Waals surface area contributed by atoms with Gasteiger partial charge in [0.25, 0.3) is 0 Å². The molecule has 0 aliphatic carbocycles. The molecule has 0 atom stereocenters. The number of hydrogen-bond acceptors (Lipinski definition) is 2. The Morgan fingerprint density at radius 1 is 1.24 bits per heavy atom. The first kappa shape index (κ1) is 12.7. The molecule has 2 aromatic rings. The largest absolute Gasteiger partial charge is 0.487 e. The van der Waals surface area contributed by atoms with Gasteiger partial charge in [0.2, 0.25) is 0 Å². The minimum atomic E-state index is 0.341. The van der Waals surface area contributed by atoms with E-state index < -0.39 is 0 Å². The molecule has 1 aromatic carbocycles. The van der Waals surface area contributed by atoms with Crippen LogP contribution in [0, 0.1) is 0 Å². The van der Waals surface area contributed by atoms with Gasteiger partial charge in [-0.15, -0.1) is 0 Å². The van der Waals surface area contributed by atoms with E-state index in [0.29, 0.717) is 22.5 Å². The van der Waals surface area contributed by atoms with Crippen molar-refractivity contribution >= 4 is 39.1 Å². The average molecular weight is 333 g/mol.